The second-order valence-corrected chi connectivity index (χ2v) is 4.14. The van der Waals surface area contributed by atoms with E-state index in [2.05, 4.69) is 15.9 Å². The largest absolute Gasteiger partial charge is 0.491 e. The Bertz CT molecular complexity index is 420. The summed E-state index contributed by atoms with van der Waals surface area (Å²) in [7, 11) is 0. The monoisotopic (exact) mass is 278 g/mol. The average molecular weight is 279 g/mol. The summed E-state index contributed by atoms with van der Waals surface area (Å²) in [5, 5.41) is -0.0746. The first-order valence-electron chi connectivity index (χ1n) is 3.94. The summed E-state index contributed by atoms with van der Waals surface area (Å²) in [6, 6.07) is 1.38. The first-order valence-corrected chi connectivity index (χ1v) is 5.12. The molecule has 0 amide bonds. The standard InChI is InChI=1S/C9H5BrClFO2/c10-4-3-5(11)8(12)7-6(13)1-2-14-9(4)7/h3H,1-2H2. The van der Waals surface area contributed by atoms with Gasteiger partial charge in [-0.3, -0.25) is 4.79 Å². The number of Topliss-reactive ketones (excluding diaryl/α,β-unsaturated/α-hetero) is 1. The Balaban J connectivity index is 2.73. The minimum Gasteiger partial charge on any atom is -0.491 e. The highest BCUT2D eigenvalue weighted by molar-refractivity contribution is 9.10. The molecule has 0 aliphatic carbocycles. The molecule has 0 atom stereocenters. The lowest BCUT2D eigenvalue weighted by atomic mass is 10.0. The minimum atomic E-state index is -0.699. The number of ketones is 1. The second kappa shape index (κ2) is 3.51. The maximum atomic E-state index is 13.5. The maximum Gasteiger partial charge on any atom is 0.173 e. The van der Waals surface area contributed by atoms with Gasteiger partial charge in [-0.2, -0.15) is 0 Å². The van der Waals surface area contributed by atoms with E-state index in [9.17, 15) is 9.18 Å². The highest BCUT2D eigenvalue weighted by Gasteiger charge is 2.26. The third-order valence-electron chi connectivity index (χ3n) is 1.98. The van der Waals surface area contributed by atoms with Gasteiger partial charge in [0.25, 0.3) is 0 Å². The fourth-order valence-corrected chi connectivity index (χ4v) is 2.22. The van der Waals surface area contributed by atoms with Gasteiger partial charge in [0.15, 0.2) is 11.6 Å². The molecule has 0 bridgehead atoms. The van der Waals surface area contributed by atoms with E-state index in [1.54, 1.807) is 0 Å². The van der Waals surface area contributed by atoms with Crippen LogP contribution >= 0.6 is 27.5 Å². The van der Waals surface area contributed by atoms with E-state index in [4.69, 9.17) is 16.3 Å². The number of halogens is 3. The Morgan fingerprint density at radius 1 is 1.57 bits per heavy atom. The van der Waals surface area contributed by atoms with Crippen molar-refractivity contribution >= 4 is 33.3 Å². The minimum absolute atomic E-state index is 0.0457. The number of hydrogen-bond acceptors (Lipinski definition) is 2. The van der Waals surface area contributed by atoms with Crippen LogP contribution in [0.1, 0.15) is 16.8 Å². The molecule has 0 saturated heterocycles. The molecule has 1 aromatic carbocycles. The van der Waals surface area contributed by atoms with E-state index in [1.165, 1.54) is 6.07 Å². The first-order chi connectivity index (χ1) is 6.61. The fraction of sp³-hybridized carbons (Fsp3) is 0.222. The van der Waals surface area contributed by atoms with Gasteiger partial charge in [-0.05, 0) is 22.0 Å². The van der Waals surface area contributed by atoms with Crippen LogP contribution in [0, 0.1) is 5.82 Å². The van der Waals surface area contributed by atoms with Crippen LogP contribution in [-0.4, -0.2) is 12.4 Å². The molecule has 0 radical (unpaired) electrons. The van der Waals surface area contributed by atoms with Crippen LogP contribution in [0.3, 0.4) is 0 Å². The van der Waals surface area contributed by atoms with Crippen molar-refractivity contribution in [3.63, 3.8) is 0 Å². The molecule has 74 valence electrons. The van der Waals surface area contributed by atoms with Crippen molar-refractivity contribution in [2.24, 2.45) is 0 Å². The molecule has 0 spiro atoms. The van der Waals surface area contributed by atoms with Gasteiger partial charge in [0, 0.05) is 6.42 Å². The van der Waals surface area contributed by atoms with Crippen molar-refractivity contribution in [2.45, 2.75) is 6.42 Å². The van der Waals surface area contributed by atoms with E-state index in [-0.39, 0.29) is 35.1 Å². The second-order valence-electron chi connectivity index (χ2n) is 2.88. The molecular formula is C9H5BrClFO2. The smallest absolute Gasteiger partial charge is 0.173 e. The van der Waals surface area contributed by atoms with Gasteiger partial charge in [-0.15, -0.1) is 0 Å². The maximum absolute atomic E-state index is 13.5. The van der Waals surface area contributed by atoms with E-state index in [0.717, 1.165) is 0 Å². The zero-order valence-electron chi connectivity index (χ0n) is 6.94. The number of ether oxygens (including phenoxy) is 1. The number of benzene rings is 1. The van der Waals surface area contributed by atoms with Crippen molar-refractivity contribution in [3.8, 4) is 5.75 Å². The molecule has 0 saturated carbocycles. The Morgan fingerprint density at radius 2 is 2.29 bits per heavy atom. The SMILES string of the molecule is O=C1CCOc2c(Br)cc(Cl)c(F)c21. The third kappa shape index (κ3) is 1.42. The predicted molar refractivity (Wildman–Crippen MR) is 53.6 cm³/mol. The first kappa shape index (κ1) is 9.93. The van der Waals surface area contributed by atoms with Gasteiger partial charge < -0.3 is 4.74 Å². The Morgan fingerprint density at radius 3 is 3.00 bits per heavy atom. The molecule has 0 fully saturated rings. The Hall–Kier alpha value is -0.610. The summed E-state index contributed by atoms with van der Waals surface area (Å²) < 4.78 is 19.2. The van der Waals surface area contributed by atoms with Crippen molar-refractivity contribution < 1.29 is 13.9 Å². The molecule has 0 aromatic heterocycles. The van der Waals surface area contributed by atoms with Gasteiger partial charge in [-0.1, -0.05) is 11.6 Å². The summed E-state index contributed by atoms with van der Waals surface area (Å²) >= 11 is 8.77. The van der Waals surface area contributed by atoms with Crippen LogP contribution in [0.25, 0.3) is 0 Å². The van der Waals surface area contributed by atoms with Crippen molar-refractivity contribution in [2.75, 3.05) is 6.61 Å². The topological polar surface area (TPSA) is 26.3 Å². The normalized spacial score (nSPS) is 14.9. The lowest BCUT2D eigenvalue weighted by Gasteiger charge is -2.18. The summed E-state index contributed by atoms with van der Waals surface area (Å²) in [5.74, 6) is -0.718. The molecule has 1 aliphatic heterocycles. The lowest BCUT2D eigenvalue weighted by Crippen LogP contribution is -2.17. The highest BCUT2D eigenvalue weighted by Crippen LogP contribution is 2.38. The predicted octanol–water partition coefficient (Wildman–Crippen LogP) is 3.21. The fourth-order valence-electron chi connectivity index (χ4n) is 1.34. The third-order valence-corrected chi connectivity index (χ3v) is 2.85. The molecule has 0 N–H and O–H groups in total. The van der Waals surface area contributed by atoms with Gasteiger partial charge in [0.1, 0.15) is 5.75 Å². The van der Waals surface area contributed by atoms with E-state index < -0.39 is 5.82 Å². The summed E-state index contributed by atoms with van der Waals surface area (Å²) in [6.07, 6.45) is 0.191. The molecule has 1 heterocycles. The molecule has 5 heteroatoms. The van der Waals surface area contributed by atoms with Crippen LogP contribution in [0.4, 0.5) is 4.39 Å². The molecule has 1 aliphatic rings. The van der Waals surface area contributed by atoms with Gasteiger partial charge >= 0.3 is 0 Å². The van der Waals surface area contributed by atoms with Crippen molar-refractivity contribution in [1.29, 1.82) is 0 Å². The molecular weight excluding hydrogens is 274 g/mol. The zero-order chi connectivity index (χ0) is 10.3. The van der Waals surface area contributed by atoms with Gasteiger partial charge in [0.2, 0.25) is 0 Å². The molecule has 1 aromatic rings. The molecule has 0 unspecified atom stereocenters. The summed E-state index contributed by atoms with van der Waals surface area (Å²) in [4.78, 5) is 11.4. The van der Waals surface area contributed by atoms with Crippen molar-refractivity contribution in [1.82, 2.24) is 0 Å². The number of carbonyl (C=O) groups is 1. The van der Waals surface area contributed by atoms with E-state index >= 15 is 0 Å². The average Bonchev–Trinajstić information content (AvgIpc) is 2.14. The van der Waals surface area contributed by atoms with Crippen LogP contribution < -0.4 is 4.74 Å². The zero-order valence-corrected chi connectivity index (χ0v) is 9.28. The summed E-state index contributed by atoms with van der Waals surface area (Å²) in [6.45, 7) is 0.283. The Labute approximate surface area is 93.1 Å². The van der Waals surface area contributed by atoms with E-state index in [1.807, 2.05) is 0 Å². The Kier molecular flexibility index (Phi) is 2.49. The lowest BCUT2D eigenvalue weighted by molar-refractivity contribution is 0.0927. The number of rotatable bonds is 0. The van der Waals surface area contributed by atoms with Crippen molar-refractivity contribution in [3.05, 3.63) is 26.9 Å². The molecule has 14 heavy (non-hydrogen) atoms. The highest BCUT2D eigenvalue weighted by atomic mass is 79.9. The quantitative estimate of drug-likeness (QED) is 0.682. The van der Waals surface area contributed by atoms with Gasteiger partial charge in [0.05, 0.1) is 21.7 Å². The van der Waals surface area contributed by atoms with Crippen LogP contribution in [0.2, 0.25) is 5.02 Å². The van der Waals surface area contributed by atoms with Gasteiger partial charge in [-0.25, -0.2) is 4.39 Å². The molecule has 2 nitrogen and oxygen atoms in total. The summed E-state index contributed by atoms with van der Waals surface area (Å²) in [5.41, 5.74) is -0.0457. The number of carbonyl (C=O) groups excluding carboxylic acids is 1. The van der Waals surface area contributed by atoms with Crippen LogP contribution in [0.5, 0.6) is 5.75 Å². The van der Waals surface area contributed by atoms with Crippen LogP contribution in [-0.2, 0) is 0 Å². The van der Waals surface area contributed by atoms with Crippen LogP contribution in [0.15, 0.2) is 10.5 Å². The number of hydrogen-bond donors (Lipinski definition) is 0. The van der Waals surface area contributed by atoms with E-state index in [0.29, 0.717) is 4.47 Å². The molecule has 2 rings (SSSR count). The number of fused-ring (bicyclic) bond motifs is 1.